The predicted molar refractivity (Wildman–Crippen MR) is 135 cm³/mol. The van der Waals surface area contributed by atoms with Crippen molar-refractivity contribution in [2.75, 3.05) is 25.5 Å². The van der Waals surface area contributed by atoms with Crippen LogP contribution in [0.2, 0.25) is 0 Å². The molecular weight excluding hydrogens is 482 g/mol. The first-order chi connectivity index (χ1) is 16.0. The Balaban J connectivity index is 1.60. The summed E-state index contributed by atoms with van der Waals surface area (Å²) in [6.07, 6.45) is 0.400. The van der Waals surface area contributed by atoms with Gasteiger partial charge in [0, 0.05) is 35.2 Å². The lowest BCUT2D eigenvalue weighted by molar-refractivity contribution is -0.122. The molecule has 2 amide bonds. The molecule has 0 spiro atoms. The van der Waals surface area contributed by atoms with Crippen molar-refractivity contribution in [2.24, 2.45) is 0 Å². The fourth-order valence-electron chi connectivity index (χ4n) is 3.26. The largest absolute Gasteiger partial charge is 0.497 e. The molecule has 3 aromatic carbocycles. The lowest BCUT2D eigenvalue weighted by Crippen LogP contribution is -2.48. The van der Waals surface area contributed by atoms with Crippen molar-refractivity contribution in [3.05, 3.63) is 94.0 Å². The van der Waals surface area contributed by atoms with Crippen LogP contribution in [0, 0.1) is 6.92 Å². The average molecular weight is 510 g/mol. The molecule has 0 heterocycles. The van der Waals surface area contributed by atoms with E-state index in [9.17, 15) is 9.59 Å². The van der Waals surface area contributed by atoms with Gasteiger partial charge >= 0.3 is 0 Å². The molecule has 0 saturated carbocycles. The summed E-state index contributed by atoms with van der Waals surface area (Å²) in [6.45, 7) is 2.93. The van der Waals surface area contributed by atoms with Gasteiger partial charge in [-0.15, -0.1) is 0 Å². The number of anilines is 1. The molecule has 3 aromatic rings. The zero-order valence-corrected chi connectivity index (χ0v) is 20.3. The number of hydrogen-bond acceptors (Lipinski definition) is 4. The van der Waals surface area contributed by atoms with Crippen LogP contribution in [-0.2, 0) is 11.2 Å². The average Bonchev–Trinajstić information content (AvgIpc) is 2.84. The molecule has 0 aliphatic rings. The molecule has 0 aromatic heterocycles. The van der Waals surface area contributed by atoms with E-state index in [2.05, 4.69) is 31.9 Å². The molecule has 0 unspecified atom stereocenters. The number of ether oxygens (including phenoxy) is 1. The third-order valence-corrected chi connectivity index (χ3v) is 6.04. The first-order valence-electron chi connectivity index (χ1n) is 10.7. The van der Waals surface area contributed by atoms with Gasteiger partial charge in [0.15, 0.2) is 0 Å². The van der Waals surface area contributed by atoms with E-state index in [4.69, 9.17) is 4.74 Å². The molecule has 0 saturated heterocycles. The molecule has 0 radical (unpaired) electrons. The van der Waals surface area contributed by atoms with Crippen LogP contribution >= 0.6 is 15.9 Å². The molecule has 172 valence electrons. The summed E-state index contributed by atoms with van der Waals surface area (Å²) in [5.41, 5.74) is 3.44. The Hall–Kier alpha value is -3.32. The molecular formula is C26H28BrN3O3. The molecule has 0 aliphatic heterocycles. The van der Waals surface area contributed by atoms with Crippen molar-refractivity contribution in [1.82, 2.24) is 10.6 Å². The van der Waals surface area contributed by atoms with E-state index in [-0.39, 0.29) is 11.8 Å². The van der Waals surface area contributed by atoms with Gasteiger partial charge in [0.1, 0.15) is 11.8 Å². The molecule has 0 aliphatic carbocycles. The van der Waals surface area contributed by atoms with Crippen molar-refractivity contribution < 1.29 is 14.3 Å². The fraction of sp³-hybridized carbons (Fsp3) is 0.231. The number of methoxy groups -OCH3 is 1. The van der Waals surface area contributed by atoms with Crippen molar-refractivity contribution in [3.63, 3.8) is 0 Å². The first kappa shape index (κ1) is 24.3. The molecule has 3 N–H and O–H groups in total. The van der Waals surface area contributed by atoms with E-state index < -0.39 is 6.04 Å². The van der Waals surface area contributed by atoms with E-state index in [1.807, 2.05) is 67.6 Å². The first-order valence-corrected chi connectivity index (χ1v) is 11.5. The Labute approximate surface area is 202 Å². The molecule has 3 rings (SSSR count). The third kappa shape index (κ3) is 7.36. The van der Waals surface area contributed by atoms with Crippen molar-refractivity contribution in [2.45, 2.75) is 19.4 Å². The van der Waals surface area contributed by atoms with E-state index in [1.165, 1.54) is 0 Å². The van der Waals surface area contributed by atoms with Crippen LogP contribution in [0.15, 0.2) is 77.3 Å². The van der Waals surface area contributed by atoms with Crippen LogP contribution in [0.5, 0.6) is 5.75 Å². The zero-order valence-electron chi connectivity index (χ0n) is 18.7. The highest BCUT2D eigenvalue weighted by molar-refractivity contribution is 9.10. The van der Waals surface area contributed by atoms with Gasteiger partial charge in [-0.2, -0.15) is 0 Å². The third-order valence-electron chi connectivity index (χ3n) is 5.18. The Morgan fingerprint density at radius 1 is 0.970 bits per heavy atom. The van der Waals surface area contributed by atoms with Gasteiger partial charge in [0.25, 0.3) is 5.91 Å². The minimum atomic E-state index is -0.694. The second-order valence-electron chi connectivity index (χ2n) is 7.63. The highest BCUT2D eigenvalue weighted by Crippen LogP contribution is 2.18. The number of hydrogen-bond donors (Lipinski definition) is 3. The maximum absolute atomic E-state index is 13.0. The Kier molecular flexibility index (Phi) is 8.89. The monoisotopic (exact) mass is 509 g/mol. The number of rotatable bonds is 10. The topological polar surface area (TPSA) is 79.5 Å². The summed E-state index contributed by atoms with van der Waals surface area (Å²) in [4.78, 5) is 25.8. The number of aryl methyl sites for hydroxylation is 1. The summed E-state index contributed by atoms with van der Waals surface area (Å²) < 4.78 is 6.01. The summed E-state index contributed by atoms with van der Waals surface area (Å²) in [7, 11) is 1.63. The zero-order chi connectivity index (χ0) is 23.6. The van der Waals surface area contributed by atoms with Crippen LogP contribution in [0.4, 0.5) is 5.69 Å². The minimum absolute atomic E-state index is 0.227. The SMILES string of the molecule is COc1ccc(NCCNC(=O)[C@H](Cc2ccccc2)NC(=O)c2ccc(C)c(Br)c2)cc1. The van der Waals surface area contributed by atoms with Gasteiger partial charge in [-0.05, 0) is 54.4 Å². The predicted octanol–water partition coefficient (Wildman–Crippen LogP) is 4.34. The Morgan fingerprint density at radius 3 is 2.36 bits per heavy atom. The molecule has 1 atom stereocenters. The number of halogens is 1. The van der Waals surface area contributed by atoms with Crippen LogP contribution in [-0.4, -0.2) is 38.1 Å². The normalized spacial score (nSPS) is 11.4. The standard InChI is InChI=1S/C26H28BrN3O3/c1-18-8-9-20(17-23(18)27)25(31)30-24(16-19-6-4-3-5-7-19)26(32)29-15-14-28-21-10-12-22(33-2)13-11-21/h3-13,17,24,28H,14-16H2,1-2H3,(H,29,32)(H,30,31)/t24-/m0/s1. The second-order valence-corrected chi connectivity index (χ2v) is 8.48. The smallest absolute Gasteiger partial charge is 0.251 e. The highest BCUT2D eigenvalue weighted by Gasteiger charge is 2.22. The Bertz CT molecular complexity index is 1070. The van der Waals surface area contributed by atoms with Gasteiger partial charge in [0.05, 0.1) is 7.11 Å². The van der Waals surface area contributed by atoms with Crippen LogP contribution in [0.3, 0.4) is 0 Å². The van der Waals surface area contributed by atoms with E-state index in [0.29, 0.717) is 25.1 Å². The summed E-state index contributed by atoms with van der Waals surface area (Å²) >= 11 is 3.46. The summed E-state index contributed by atoms with van der Waals surface area (Å²) in [6, 6.07) is 21.9. The maximum atomic E-state index is 13.0. The van der Waals surface area contributed by atoms with Crippen molar-refractivity contribution in [1.29, 1.82) is 0 Å². The summed E-state index contributed by atoms with van der Waals surface area (Å²) in [5, 5.41) is 9.07. The minimum Gasteiger partial charge on any atom is -0.497 e. The van der Waals surface area contributed by atoms with E-state index in [1.54, 1.807) is 19.2 Å². The second kappa shape index (κ2) is 12.1. The molecule has 0 bridgehead atoms. The number of amides is 2. The van der Waals surface area contributed by atoms with Gasteiger partial charge in [-0.3, -0.25) is 9.59 Å². The molecule has 0 fully saturated rings. The maximum Gasteiger partial charge on any atom is 0.251 e. The number of carbonyl (C=O) groups excluding carboxylic acids is 2. The van der Waals surface area contributed by atoms with Crippen LogP contribution < -0.4 is 20.7 Å². The van der Waals surface area contributed by atoms with Crippen LogP contribution in [0.1, 0.15) is 21.5 Å². The lowest BCUT2D eigenvalue weighted by atomic mass is 10.0. The van der Waals surface area contributed by atoms with Crippen molar-refractivity contribution >= 4 is 33.4 Å². The molecule has 7 heteroatoms. The van der Waals surface area contributed by atoms with Gasteiger partial charge < -0.3 is 20.7 Å². The van der Waals surface area contributed by atoms with Gasteiger partial charge in [-0.1, -0.05) is 52.3 Å². The number of benzene rings is 3. The van der Waals surface area contributed by atoms with Gasteiger partial charge in [-0.25, -0.2) is 0 Å². The quantitative estimate of drug-likeness (QED) is 0.355. The van der Waals surface area contributed by atoms with E-state index >= 15 is 0 Å². The lowest BCUT2D eigenvalue weighted by Gasteiger charge is -2.19. The van der Waals surface area contributed by atoms with Crippen LogP contribution in [0.25, 0.3) is 0 Å². The van der Waals surface area contributed by atoms with Gasteiger partial charge in [0.2, 0.25) is 5.91 Å². The Morgan fingerprint density at radius 2 is 1.70 bits per heavy atom. The molecule has 6 nitrogen and oxygen atoms in total. The number of carbonyl (C=O) groups is 2. The van der Waals surface area contributed by atoms with E-state index in [0.717, 1.165) is 27.0 Å². The summed E-state index contributed by atoms with van der Waals surface area (Å²) in [5.74, 6) is 0.270. The number of nitrogens with one attached hydrogen (secondary N) is 3. The fourth-order valence-corrected chi connectivity index (χ4v) is 3.64. The van der Waals surface area contributed by atoms with Crippen molar-refractivity contribution in [3.8, 4) is 5.75 Å². The highest BCUT2D eigenvalue weighted by atomic mass is 79.9. The molecule has 33 heavy (non-hydrogen) atoms.